The number of fused-ring (bicyclic) bond motifs is 1. The predicted octanol–water partition coefficient (Wildman–Crippen LogP) is 3.18. The van der Waals surface area contributed by atoms with Gasteiger partial charge in [-0.25, -0.2) is 0 Å². The second kappa shape index (κ2) is 6.92. The van der Waals surface area contributed by atoms with Gasteiger partial charge in [0.15, 0.2) is 5.82 Å². The quantitative estimate of drug-likeness (QED) is 0.749. The van der Waals surface area contributed by atoms with Gasteiger partial charge in [0, 0.05) is 18.5 Å². The highest BCUT2D eigenvalue weighted by atomic mass is 35.5. The van der Waals surface area contributed by atoms with Crippen molar-refractivity contribution in [3.05, 3.63) is 58.0 Å². The SMILES string of the molecule is C.Cc1cccc(C(=O)N2Cc3nnn(-c4ccn[nH]4)c3C[C@H]2C)c1Cl. The summed E-state index contributed by atoms with van der Waals surface area (Å²) in [5.41, 5.74) is 3.21. The van der Waals surface area contributed by atoms with E-state index in [4.69, 9.17) is 11.6 Å². The van der Waals surface area contributed by atoms with E-state index in [0.717, 1.165) is 22.8 Å². The summed E-state index contributed by atoms with van der Waals surface area (Å²) in [6.45, 7) is 4.33. The lowest BCUT2D eigenvalue weighted by molar-refractivity contribution is 0.0653. The molecule has 1 aliphatic rings. The van der Waals surface area contributed by atoms with Crippen LogP contribution >= 0.6 is 11.6 Å². The molecule has 0 bridgehead atoms. The molecule has 7 nitrogen and oxygen atoms in total. The van der Waals surface area contributed by atoms with Crippen LogP contribution in [0.5, 0.6) is 0 Å². The minimum absolute atomic E-state index is 0. The van der Waals surface area contributed by atoms with Crippen molar-refractivity contribution in [3.8, 4) is 5.82 Å². The number of carbonyl (C=O) groups excluding carboxylic acids is 1. The Balaban J connectivity index is 0.00000196. The van der Waals surface area contributed by atoms with Crippen molar-refractivity contribution in [3.63, 3.8) is 0 Å². The molecule has 0 spiro atoms. The van der Waals surface area contributed by atoms with Crippen LogP contribution in [-0.2, 0) is 13.0 Å². The fourth-order valence-electron chi connectivity index (χ4n) is 3.17. The molecular formula is C18H21ClN6O. The van der Waals surface area contributed by atoms with E-state index < -0.39 is 0 Å². The van der Waals surface area contributed by atoms with E-state index in [2.05, 4.69) is 20.5 Å². The number of aromatic amines is 1. The second-order valence-electron chi connectivity index (χ2n) is 6.26. The number of aryl methyl sites for hydroxylation is 1. The van der Waals surface area contributed by atoms with Crippen LogP contribution in [-0.4, -0.2) is 42.0 Å². The molecule has 0 saturated carbocycles. The summed E-state index contributed by atoms with van der Waals surface area (Å²) in [6, 6.07) is 7.36. The van der Waals surface area contributed by atoms with Crippen LogP contribution < -0.4 is 0 Å². The Kier molecular flexibility index (Phi) is 4.82. The molecule has 0 radical (unpaired) electrons. The number of nitrogens with zero attached hydrogens (tertiary/aromatic N) is 5. The molecule has 1 N–H and O–H groups in total. The summed E-state index contributed by atoms with van der Waals surface area (Å²) in [5, 5.41) is 15.8. The number of hydrogen-bond donors (Lipinski definition) is 1. The van der Waals surface area contributed by atoms with Crippen molar-refractivity contribution in [1.29, 1.82) is 0 Å². The van der Waals surface area contributed by atoms with Gasteiger partial charge in [0.05, 0.1) is 29.0 Å². The molecule has 4 rings (SSSR count). The molecule has 0 fully saturated rings. The highest BCUT2D eigenvalue weighted by Gasteiger charge is 2.32. The van der Waals surface area contributed by atoms with Crippen molar-refractivity contribution in [1.82, 2.24) is 30.1 Å². The molecule has 0 unspecified atom stereocenters. The van der Waals surface area contributed by atoms with Crippen LogP contribution in [0.15, 0.2) is 30.5 Å². The average molecular weight is 373 g/mol. The first kappa shape index (κ1) is 18.1. The van der Waals surface area contributed by atoms with Crippen molar-refractivity contribution in [2.24, 2.45) is 0 Å². The molecule has 1 atom stereocenters. The van der Waals surface area contributed by atoms with Gasteiger partial charge in [-0.1, -0.05) is 36.4 Å². The molecule has 0 saturated heterocycles. The summed E-state index contributed by atoms with van der Waals surface area (Å²) in [4.78, 5) is 14.8. The van der Waals surface area contributed by atoms with Crippen LogP contribution in [0, 0.1) is 6.92 Å². The van der Waals surface area contributed by atoms with Crippen molar-refractivity contribution >= 4 is 17.5 Å². The monoisotopic (exact) mass is 372 g/mol. The first-order valence-electron chi connectivity index (χ1n) is 8.05. The van der Waals surface area contributed by atoms with E-state index in [-0.39, 0.29) is 19.4 Å². The van der Waals surface area contributed by atoms with Gasteiger partial charge in [0.2, 0.25) is 0 Å². The minimum Gasteiger partial charge on any atom is -0.329 e. The first-order chi connectivity index (χ1) is 12.1. The lowest BCUT2D eigenvalue weighted by Crippen LogP contribution is -2.43. The fourth-order valence-corrected chi connectivity index (χ4v) is 3.37. The summed E-state index contributed by atoms with van der Waals surface area (Å²) in [6.07, 6.45) is 2.34. The standard InChI is InChI=1S/C17H17ClN6O.CH4/c1-10-4-3-5-12(16(10)18)17(25)23-9-13-14(8-11(23)2)24(22-20-13)15-6-7-19-21-15;/h3-7,11H,8-9H2,1-2H3,(H,19,21);1H4/t11-;/m1./s1. The van der Waals surface area contributed by atoms with Gasteiger partial charge in [-0.15, -0.1) is 5.10 Å². The van der Waals surface area contributed by atoms with E-state index in [0.29, 0.717) is 23.6 Å². The fraction of sp³-hybridized carbons (Fsp3) is 0.333. The Morgan fingerprint density at radius 2 is 2.15 bits per heavy atom. The predicted molar refractivity (Wildman–Crippen MR) is 99.5 cm³/mol. The zero-order valence-electron chi connectivity index (χ0n) is 13.9. The van der Waals surface area contributed by atoms with Gasteiger partial charge in [-0.3, -0.25) is 9.89 Å². The molecule has 2 aromatic heterocycles. The molecule has 1 aromatic carbocycles. The maximum atomic E-state index is 13.0. The zero-order valence-corrected chi connectivity index (χ0v) is 14.7. The summed E-state index contributed by atoms with van der Waals surface area (Å²) < 4.78 is 1.75. The minimum atomic E-state index is -0.0806. The number of nitrogens with one attached hydrogen (secondary N) is 1. The third-order valence-electron chi connectivity index (χ3n) is 4.58. The van der Waals surface area contributed by atoms with Crippen LogP contribution in [0.4, 0.5) is 0 Å². The Bertz CT molecular complexity index is 933. The molecule has 1 aliphatic heterocycles. The summed E-state index contributed by atoms with van der Waals surface area (Å²) >= 11 is 6.34. The van der Waals surface area contributed by atoms with Gasteiger partial charge >= 0.3 is 0 Å². The topological polar surface area (TPSA) is 79.7 Å². The number of amides is 1. The maximum absolute atomic E-state index is 13.0. The highest BCUT2D eigenvalue weighted by Crippen LogP contribution is 2.28. The van der Waals surface area contributed by atoms with E-state index in [9.17, 15) is 4.79 Å². The number of rotatable bonds is 2. The van der Waals surface area contributed by atoms with Crippen LogP contribution in [0.25, 0.3) is 5.82 Å². The molecule has 1 amide bonds. The van der Waals surface area contributed by atoms with Gasteiger partial charge in [-0.05, 0) is 25.5 Å². The third kappa shape index (κ3) is 2.88. The largest absolute Gasteiger partial charge is 0.329 e. The number of carbonyl (C=O) groups is 1. The molecule has 0 aliphatic carbocycles. The van der Waals surface area contributed by atoms with Gasteiger partial charge in [-0.2, -0.15) is 9.78 Å². The van der Waals surface area contributed by atoms with Gasteiger partial charge < -0.3 is 4.90 Å². The van der Waals surface area contributed by atoms with E-state index in [1.54, 1.807) is 21.8 Å². The number of halogens is 1. The molecule has 3 heterocycles. The highest BCUT2D eigenvalue weighted by molar-refractivity contribution is 6.34. The normalized spacial score (nSPS) is 16.1. The zero-order chi connectivity index (χ0) is 17.6. The van der Waals surface area contributed by atoms with Crippen LogP contribution in [0.1, 0.15) is 41.7 Å². The smallest absolute Gasteiger partial charge is 0.255 e. The Labute approximate surface area is 157 Å². The molecular weight excluding hydrogens is 352 g/mol. The van der Waals surface area contributed by atoms with E-state index >= 15 is 0 Å². The van der Waals surface area contributed by atoms with Gasteiger partial charge in [0.25, 0.3) is 5.91 Å². The number of H-pyrrole nitrogens is 1. The Morgan fingerprint density at radius 3 is 2.88 bits per heavy atom. The lowest BCUT2D eigenvalue weighted by Gasteiger charge is -2.33. The Morgan fingerprint density at radius 1 is 1.35 bits per heavy atom. The van der Waals surface area contributed by atoms with Crippen molar-refractivity contribution in [2.75, 3.05) is 0 Å². The second-order valence-corrected chi connectivity index (χ2v) is 6.64. The van der Waals surface area contributed by atoms with E-state index in [1.807, 2.05) is 32.0 Å². The number of aromatic nitrogens is 5. The average Bonchev–Trinajstić information content (AvgIpc) is 3.25. The van der Waals surface area contributed by atoms with Crippen molar-refractivity contribution in [2.45, 2.75) is 40.3 Å². The van der Waals surface area contributed by atoms with Crippen LogP contribution in [0.3, 0.4) is 0 Å². The van der Waals surface area contributed by atoms with Crippen LogP contribution in [0.2, 0.25) is 5.02 Å². The summed E-state index contributed by atoms with van der Waals surface area (Å²) in [7, 11) is 0. The first-order valence-corrected chi connectivity index (χ1v) is 8.43. The molecule has 136 valence electrons. The lowest BCUT2D eigenvalue weighted by atomic mass is 10.0. The number of hydrogen-bond acceptors (Lipinski definition) is 4. The van der Waals surface area contributed by atoms with Crippen molar-refractivity contribution < 1.29 is 4.79 Å². The molecule has 3 aromatic rings. The third-order valence-corrected chi connectivity index (χ3v) is 5.08. The maximum Gasteiger partial charge on any atom is 0.255 e. The molecule has 26 heavy (non-hydrogen) atoms. The Hall–Kier alpha value is -2.67. The summed E-state index contributed by atoms with van der Waals surface area (Å²) in [5.74, 6) is 0.686. The van der Waals surface area contributed by atoms with Gasteiger partial charge in [0.1, 0.15) is 5.69 Å². The number of benzene rings is 1. The molecule has 8 heteroatoms. The van der Waals surface area contributed by atoms with E-state index in [1.165, 1.54) is 0 Å².